The van der Waals surface area contributed by atoms with Crippen LogP contribution in [-0.4, -0.2) is 34.9 Å². The molecule has 7 heteroatoms. The van der Waals surface area contributed by atoms with E-state index in [1.807, 2.05) is 37.3 Å². The molecule has 0 unspecified atom stereocenters. The third-order valence-corrected chi connectivity index (χ3v) is 6.17. The quantitative estimate of drug-likeness (QED) is 0.132. The summed E-state index contributed by atoms with van der Waals surface area (Å²) in [5, 5.41) is 20.3. The van der Waals surface area contributed by atoms with Crippen LogP contribution < -0.4 is 10.4 Å². The van der Waals surface area contributed by atoms with Crippen LogP contribution in [0.15, 0.2) is 44.5 Å². The summed E-state index contributed by atoms with van der Waals surface area (Å²) in [6.45, 7) is 4.74. The number of carbonyl (C=O) groups is 1. The summed E-state index contributed by atoms with van der Waals surface area (Å²) in [5.41, 5.74) is -0.977. The molecule has 0 saturated carbocycles. The van der Waals surface area contributed by atoms with Gasteiger partial charge < -0.3 is 19.4 Å². The fraction of sp³-hybridized carbons (Fsp3) is 0.552. The normalized spacial score (nSPS) is 11.6. The van der Waals surface area contributed by atoms with Crippen LogP contribution in [0, 0.1) is 0 Å². The van der Waals surface area contributed by atoms with Crippen LogP contribution in [0.1, 0.15) is 107 Å². The van der Waals surface area contributed by atoms with Gasteiger partial charge in [0, 0.05) is 13.0 Å². The van der Waals surface area contributed by atoms with Crippen molar-refractivity contribution < 1.29 is 24.2 Å². The van der Waals surface area contributed by atoms with Gasteiger partial charge in [0.2, 0.25) is 0 Å². The van der Waals surface area contributed by atoms with Gasteiger partial charge in [0.25, 0.3) is 5.95 Å². The maximum atomic E-state index is 12.2. The lowest BCUT2D eigenvalue weighted by Gasteiger charge is -2.10. The molecule has 0 saturated heterocycles. The summed E-state index contributed by atoms with van der Waals surface area (Å²) in [6.07, 6.45) is 12.0. The van der Waals surface area contributed by atoms with E-state index in [2.05, 4.69) is 4.99 Å². The van der Waals surface area contributed by atoms with E-state index in [-0.39, 0.29) is 17.5 Å². The summed E-state index contributed by atoms with van der Waals surface area (Å²) in [6, 6.07) is 9.94. The summed E-state index contributed by atoms with van der Waals surface area (Å²) in [7, 11) is 0. The fourth-order valence-corrected chi connectivity index (χ4v) is 4.11. The average Bonchev–Trinajstić information content (AvgIpc) is 2.87. The fourth-order valence-electron chi connectivity index (χ4n) is 4.11. The van der Waals surface area contributed by atoms with Crippen LogP contribution in [0.5, 0.6) is 17.4 Å². The SMILES string of the molecule is CCC(=O)c1c(O)oc(=O)c(C(CC)=NCCCCCCCCCCCCOc2ccccc2)c1O. The van der Waals surface area contributed by atoms with E-state index < -0.39 is 23.1 Å². The second-order valence-electron chi connectivity index (χ2n) is 8.95. The molecular formula is C29H41NO6. The number of Topliss-reactive ketones (excluding diaryl/α,β-unsaturated/α-hetero) is 1. The lowest BCUT2D eigenvalue weighted by molar-refractivity contribution is 0.0976. The van der Waals surface area contributed by atoms with E-state index in [0.717, 1.165) is 38.0 Å². The molecule has 0 atom stereocenters. The molecule has 1 aromatic carbocycles. The molecule has 1 heterocycles. The van der Waals surface area contributed by atoms with Gasteiger partial charge in [-0.05, 0) is 31.4 Å². The van der Waals surface area contributed by atoms with Gasteiger partial charge in [-0.15, -0.1) is 0 Å². The van der Waals surface area contributed by atoms with Crippen molar-refractivity contribution in [2.24, 2.45) is 4.99 Å². The topological polar surface area (TPSA) is 109 Å². The number of unbranched alkanes of at least 4 members (excludes halogenated alkanes) is 9. The number of aliphatic imine (C=N–C) groups is 1. The molecule has 0 aliphatic rings. The maximum absolute atomic E-state index is 12.2. The molecule has 2 rings (SSSR count). The van der Waals surface area contributed by atoms with Gasteiger partial charge in [-0.2, -0.15) is 0 Å². The first-order valence-electron chi connectivity index (χ1n) is 13.3. The first-order chi connectivity index (χ1) is 17.5. The highest BCUT2D eigenvalue weighted by Crippen LogP contribution is 2.30. The molecule has 0 aliphatic carbocycles. The Balaban J connectivity index is 1.60. The smallest absolute Gasteiger partial charge is 0.351 e. The molecule has 0 aliphatic heterocycles. The minimum absolute atomic E-state index is 0.0661. The number of hydrogen-bond acceptors (Lipinski definition) is 7. The molecule has 2 N–H and O–H groups in total. The van der Waals surface area contributed by atoms with E-state index in [1.54, 1.807) is 6.92 Å². The Morgan fingerprint density at radius 2 is 1.42 bits per heavy atom. The monoisotopic (exact) mass is 499 g/mol. The molecule has 2 aromatic rings. The molecule has 36 heavy (non-hydrogen) atoms. The van der Waals surface area contributed by atoms with Gasteiger partial charge in [0.15, 0.2) is 5.78 Å². The minimum atomic E-state index is -0.887. The van der Waals surface area contributed by atoms with Crippen LogP contribution in [0.4, 0.5) is 0 Å². The van der Waals surface area contributed by atoms with Crippen LogP contribution in [0.3, 0.4) is 0 Å². The van der Waals surface area contributed by atoms with Crippen LogP contribution in [0.25, 0.3) is 0 Å². The number of carbonyl (C=O) groups excluding carboxylic acids is 1. The largest absolute Gasteiger partial charge is 0.506 e. The van der Waals surface area contributed by atoms with Gasteiger partial charge >= 0.3 is 5.63 Å². The molecule has 0 radical (unpaired) electrons. The molecule has 0 fully saturated rings. The molecule has 7 nitrogen and oxygen atoms in total. The number of aromatic hydroxyl groups is 2. The van der Waals surface area contributed by atoms with Crippen molar-refractivity contribution in [3.05, 3.63) is 51.9 Å². The van der Waals surface area contributed by atoms with Crippen LogP contribution >= 0.6 is 0 Å². The van der Waals surface area contributed by atoms with Gasteiger partial charge in [-0.1, -0.05) is 83.4 Å². The average molecular weight is 500 g/mol. The highest BCUT2D eigenvalue weighted by atomic mass is 16.5. The van der Waals surface area contributed by atoms with E-state index in [4.69, 9.17) is 9.15 Å². The number of ether oxygens (including phenoxy) is 1. The minimum Gasteiger partial charge on any atom is -0.506 e. The number of nitrogens with zero attached hydrogens (tertiary/aromatic N) is 1. The number of para-hydroxylation sites is 1. The Kier molecular flexibility index (Phi) is 13.4. The Morgan fingerprint density at radius 1 is 0.833 bits per heavy atom. The van der Waals surface area contributed by atoms with Crippen LogP contribution in [0.2, 0.25) is 0 Å². The van der Waals surface area contributed by atoms with Crippen molar-refractivity contribution in [3.63, 3.8) is 0 Å². The Morgan fingerprint density at radius 3 is 2.00 bits per heavy atom. The molecule has 0 amide bonds. The molecule has 0 spiro atoms. The lowest BCUT2D eigenvalue weighted by Crippen LogP contribution is -2.17. The Hall–Kier alpha value is -3.09. The zero-order chi connectivity index (χ0) is 26.2. The molecule has 198 valence electrons. The lowest BCUT2D eigenvalue weighted by atomic mass is 10.0. The second kappa shape index (κ2) is 16.6. The zero-order valence-electron chi connectivity index (χ0n) is 21.8. The Labute approximate surface area is 214 Å². The maximum Gasteiger partial charge on any atom is 0.351 e. The number of rotatable bonds is 18. The van der Waals surface area contributed by atoms with Gasteiger partial charge in [-0.3, -0.25) is 9.79 Å². The first-order valence-corrected chi connectivity index (χ1v) is 13.3. The third kappa shape index (κ3) is 9.51. The van der Waals surface area contributed by atoms with Gasteiger partial charge in [0.05, 0.1) is 12.3 Å². The first kappa shape index (κ1) is 29.1. The summed E-state index contributed by atoms with van der Waals surface area (Å²) in [4.78, 5) is 28.8. The van der Waals surface area contributed by atoms with Crippen molar-refractivity contribution in [1.82, 2.24) is 0 Å². The predicted octanol–water partition coefficient (Wildman–Crippen LogP) is 6.82. The van der Waals surface area contributed by atoms with Crippen molar-refractivity contribution >= 4 is 11.5 Å². The summed E-state index contributed by atoms with van der Waals surface area (Å²) in [5.74, 6) is -0.945. The van der Waals surface area contributed by atoms with E-state index in [9.17, 15) is 19.8 Å². The molecule has 0 bridgehead atoms. The van der Waals surface area contributed by atoms with Crippen LogP contribution in [-0.2, 0) is 0 Å². The van der Waals surface area contributed by atoms with Crippen molar-refractivity contribution in [3.8, 4) is 17.4 Å². The number of hydrogen-bond donors (Lipinski definition) is 2. The van der Waals surface area contributed by atoms with E-state index in [0.29, 0.717) is 18.7 Å². The van der Waals surface area contributed by atoms with Crippen molar-refractivity contribution in [2.45, 2.75) is 90.9 Å². The Bertz CT molecular complexity index is 1010. The second-order valence-corrected chi connectivity index (χ2v) is 8.95. The highest BCUT2D eigenvalue weighted by molar-refractivity contribution is 6.07. The van der Waals surface area contributed by atoms with Gasteiger partial charge in [-0.25, -0.2) is 4.79 Å². The standard InChI is InChI=1S/C29H41NO6/c1-3-23(25-27(32)26(24(31)4-2)29(34)36-28(25)33)30-20-16-11-9-7-5-6-8-10-12-17-21-35-22-18-14-13-15-19-22/h13-15,18-19,32,34H,3-12,16-17,20-21H2,1-2H3. The predicted molar refractivity (Wildman–Crippen MR) is 143 cm³/mol. The number of ketones is 1. The summed E-state index contributed by atoms with van der Waals surface area (Å²) >= 11 is 0. The van der Waals surface area contributed by atoms with E-state index in [1.165, 1.54) is 38.5 Å². The summed E-state index contributed by atoms with van der Waals surface area (Å²) < 4.78 is 10.5. The van der Waals surface area contributed by atoms with Crippen molar-refractivity contribution in [2.75, 3.05) is 13.2 Å². The van der Waals surface area contributed by atoms with E-state index >= 15 is 0 Å². The van der Waals surface area contributed by atoms with Crippen molar-refractivity contribution in [1.29, 1.82) is 0 Å². The number of benzene rings is 1. The zero-order valence-corrected chi connectivity index (χ0v) is 21.8. The molecular weight excluding hydrogens is 458 g/mol. The third-order valence-electron chi connectivity index (χ3n) is 6.17. The highest BCUT2D eigenvalue weighted by Gasteiger charge is 2.25. The van der Waals surface area contributed by atoms with Gasteiger partial charge in [0.1, 0.15) is 22.6 Å². The molecule has 1 aromatic heterocycles.